The maximum absolute atomic E-state index is 5.45. The minimum absolute atomic E-state index is 0.636. The molecule has 2 heterocycles. The SMILES string of the molecule is NCCc1nc(-c2ccncn2)cs1. The molecule has 0 fully saturated rings. The van der Waals surface area contributed by atoms with Crippen molar-refractivity contribution < 1.29 is 0 Å². The summed E-state index contributed by atoms with van der Waals surface area (Å²) in [5, 5.41) is 3.05. The van der Waals surface area contributed by atoms with Crippen molar-refractivity contribution in [2.24, 2.45) is 5.73 Å². The largest absolute Gasteiger partial charge is 0.330 e. The third-order valence-corrected chi connectivity index (χ3v) is 2.66. The van der Waals surface area contributed by atoms with E-state index < -0.39 is 0 Å². The summed E-state index contributed by atoms with van der Waals surface area (Å²) in [4.78, 5) is 12.4. The van der Waals surface area contributed by atoms with Crippen molar-refractivity contribution in [2.75, 3.05) is 6.54 Å². The summed E-state index contributed by atoms with van der Waals surface area (Å²) in [5.41, 5.74) is 7.21. The van der Waals surface area contributed by atoms with Crippen LogP contribution in [0.4, 0.5) is 0 Å². The molecule has 2 aromatic rings. The Kier molecular flexibility index (Phi) is 2.81. The highest BCUT2D eigenvalue weighted by atomic mass is 32.1. The summed E-state index contributed by atoms with van der Waals surface area (Å²) in [6.07, 6.45) is 4.07. The molecule has 14 heavy (non-hydrogen) atoms. The van der Waals surface area contributed by atoms with Crippen LogP contribution < -0.4 is 5.73 Å². The fourth-order valence-electron chi connectivity index (χ4n) is 1.11. The predicted molar refractivity (Wildman–Crippen MR) is 55.9 cm³/mol. The van der Waals surface area contributed by atoms with E-state index in [0.29, 0.717) is 6.54 Å². The molecule has 0 aromatic carbocycles. The Bertz CT molecular complexity index is 398. The number of hydrogen-bond donors (Lipinski definition) is 1. The highest BCUT2D eigenvalue weighted by Gasteiger charge is 2.03. The number of thiazole rings is 1. The Hall–Kier alpha value is -1.33. The molecule has 0 aliphatic heterocycles. The van der Waals surface area contributed by atoms with Gasteiger partial charge in [0.25, 0.3) is 0 Å². The van der Waals surface area contributed by atoms with Crippen molar-refractivity contribution in [3.8, 4) is 11.4 Å². The van der Waals surface area contributed by atoms with Crippen LogP contribution in [0.5, 0.6) is 0 Å². The van der Waals surface area contributed by atoms with Gasteiger partial charge < -0.3 is 5.73 Å². The average molecular weight is 206 g/mol. The van der Waals surface area contributed by atoms with Gasteiger partial charge in [-0.25, -0.2) is 15.0 Å². The first kappa shape index (κ1) is 9.23. The van der Waals surface area contributed by atoms with E-state index in [0.717, 1.165) is 22.8 Å². The molecule has 0 saturated carbocycles. The molecule has 2 N–H and O–H groups in total. The van der Waals surface area contributed by atoms with Crippen LogP contribution in [0.15, 0.2) is 24.0 Å². The summed E-state index contributed by atoms with van der Waals surface area (Å²) in [6, 6.07) is 1.85. The summed E-state index contributed by atoms with van der Waals surface area (Å²) in [5.74, 6) is 0. The van der Waals surface area contributed by atoms with Crippen molar-refractivity contribution >= 4 is 11.3 Å². The van der Waals surface area contributed by atoms with Gasteiger partial charge in [0.1, 0.15) is 6.33 Å². The normalized spacial score (nSPS) is 10.4. The number of nitrogens with zero attached hydrogens (tertiary/aromatic N) is 3. The molecule has 0 saturated heterocycles. The van der Waals surface area contributed by atoms with Crippen LogP contribution in [0.2, 0.25) is 0 Å². The van der Waals surface area contributed by atoms with E-state index in [4.69, 9.17) is 5.73 Å². The second-order valence-electron chi connectivity index (χ2n) is 2.76. The first-order chi connectivity index (χ1) is 6.90. The molecule has 5 heteroatoms. The van der Waals surface area contributed by atoms with Gasteiger partial charge in [0.2, 0.25) is 0 Å². The van der Waals surface area contributed by atoms with Crippen molar-refractivity contribution in [1.29, 1.82) is 0 Å². The lowest BCUT2D eigenvalue weighted by Crippen LogP contribution is -2.02. The summed E-state index contributed by atoms with van der Waals surface area (Å²) in [6.45, 7) is 0.636. The van der Waals surface area contributed by atoms with Crippen LogP contribution in [0.25, 0.3) is 11.4 Å². The van der Waals surface area contributed by atoms with Gasteiger partial charge in [-0.15, -0.1) is 11.3 Å². The van der Waals surface area contributed by atoms with Crippen LogP contribution in [-0.2, 0) is 6.42 Å². The van der Waals surface area contributed by atoms with E-state index in [9.17, 15) is 0 Å². The van der Waals surface area contributed by atoms with Gasteiger partial charge in [-0.1, -0.05) is 0 Å². The third-order valence-electron chi connectivity index (χ3n) is 1.75. The van der Waals surface area contributed by atoms with Gasteiger partial charge in [0, 0.05) is 18.0 Å². The smallest absolute Gasteiger partial charge is 0.116 e. The fraction of sp³-hybridized carbons (Fsp3) is 0.222. The molecule has 2 aromatic heterocycles. The van der Waals surface area contributed by atoms with Gasteiger partial charge in [0.15, 0.2) is 0 Å². The highest BCUT2D eigenvalue weighted by molar-refractivity contribution is 7.09. The lowest BCUT2D eigenvalue weighted by atomic mass is 10.3. The third kappa shape index (κ3) is 1.94. The minimum Gasteiger partial charge on any atom is -0.330 e. The molecule has 4 nitrogen and oxygen atoms in total. The minimum atomic E-state index is 0.636. The Morgan fingerprint density at radius 3 is 3.00 bits per heavy atom. The Balaban J connectivity index is 2.25. The zero-order valence-electron chi connectivity index (χ0n) is 7.55. The molecule has 0 unspecified atom stereocenters. The molecule has 0 radical (unpaired) electrons. The van der Waals surface area contributed by atoms with Crippen molar-refractivity contribution in [2.45, 2.75) is 6.42 Å². The second-order valence-corrected chi connectivity index (χ2v) is 3.70. The molecular formula is C9H10N4S. The van der Waals surface area contributed by atoms with E-state index in [1.807, 2.05) is 11.4 Å². The zero-order chi connectivity index (χ0) is 9.80. The number of aromatic nitrogens is 3. The van der Waals surface area contributed by atoms with Crippen LogP contribution in [0.3, 0.4) is 0 Å². The first-order valence-electron chi connectivity index (χ1n) is 4.31. The number of nitrogens with two attached hydrogens (primary N) is 1. The van der Waals surface area contributed by atoms with Crippen molar-refractivity contribution in [3.05, 3.63) is 29.0 Å². The lowest BCUT2D eigenvalue weighted by molar-refractivity contribution is 0.953. The topological polar surface area (TPSA) is 64.7 Å². The van der Waals surface area contributed by atoms with Gasteiger partial charge in [-0.05, 0) is 12.6 Å². The second kappa shape index (κ2) is 4.26. The molecular weight excluding hydrogens is 196 g/mol. The van der Waals surface area contributed by atoms with Crippen LogP contribution >= 0.6 is 11.3 Å². The van der Waals surface area contributed by atoms with Gasteiger partial charge >= 0.3 is 0 Å². The number of rotatable bonds is 3. The van der Waals surface area contributed by atoms with Gasteiger partial charge in [-0.3, -0.25) is 0 Å². The van der Waals surface area contributed by atoms with Crippen molar-refractivity contribution in [3.63, 3.8) is 0 Å². The number of hydrogen-bond acceptors (Lipinski definition) is 5. The summed E-state index contributed by atoms with van der Waals surface area (Å²) < 4.78 is 0. The summed E-state index contributed by atoms with van der Waals surface area (Å²) >= 11 is 1.62. The van der Waals surface area contributed by atoms with E-state index in [1.165, 1.54) is 6.33 Å². The Morgan fingerprint density at radius 1 is 1.36 bits per heavy atom. The fourth-order valence-corrected chi connectivity index (χ4v) is 1.92. The average Bonchev–Trinajstić information content (AvgIpc) is 2.68. The maximum atomic E-state index is 5.45. The highest BCUT2D eigenvalue weighted by Crippen LogP contribution is 2.19. The molecule has 0 atom stereocenters. The van der Waals surface area contributed by atoms with Crippen LogP contribution in [0, 0.1) is 0 Å². The zero-order valence-corrected chi connectivity index (χ0v) is 8.37. The van der Waals surface area contributed by atoms with Crippen LogP contribution in [-0.4, -0.2) is 21.5 Å². The maximum Gasteiger partial charge on any atom is 0.116 e. The monoisotopic (exact) mass is 206 g/mol. The molecule has 72 valence electrons. The Morgan fingerprint density at radius 2 is 2.29 bits per heavy atom. The van der Waals surface area contributed by atoms with E-state index in [2.05, 4.69) is 15.0 Å². The van der Waals surface area contributed by atoms with E-state index in [-0.39, 0.29) is 0 Å². The standard InChI is InChI=1S/C9H10N4S/c10-3-1-9-13-8(5-14-9)7-2-4-11-6-12-7/h2,4-6H,1,3,10H2. The molecule has 0 spiro atoms. The molecule has 0 bridgehead atoms. The Labute approximate surface area is 85.9 Å². The lowest BCUT2D eigenvalue weighted by Gasteiger charge is -1.92. The first-order valence-corrected chi connectivity index (χ1v) is 5.19. The molecule has 0 aliphatic carbocycles. The van der Waals surface area contributed by atoms with E-state index >= 15 is 0 Å². The van der Waals surface area contributed by atoms with Crippen LogP contribution in [0.1, 0.15) is 5.01 Å². The molecule has 0 amide bonds. The predicted octanol–water partition coefficient (Wildman–Crippen LogP) is 1.10. The van der Waals surface area contributed by atoms with E-state index in [1.54, 1.807) is 17.5 Å². The van der Waals surface area contributed by atoms with Gasteiger partial charge in [0.05, 0.1) is 16.4 Å². The van der Waals surface area contributed by atoms with Crippen molar-refractivity contribution in [1.82, 2.24) is 15.0 Å². The van der Waals surface area contributed by atoms with Gasteiger partial charge in [-0.2, -0.15) is 0 Å². The molecule has 0 aliphatic rings. The molecule has 2 rings (SSSR count). The quantitative estimate of drug-likeness (QED) is 0.816. The summed E-state index contributed by atoms with van der Waals surface area (Å²) in [7, 11) is 0.